The molecule has 7 rings (SSSR count). The molecule has 3 aliphatic rings. The maximum Gasteiger partial charge on any atom is 0.407 e. The van der Waals surface area contributed by atoms with Gasteiger partial charge in [-0.1, -0.05) is 24.3 Å². The van der Waals surface area contributed by atoms with Crippen molar-refractivity contribution >= 4 is 23.6 Å². The van der Waals surface area contributed by atoms with Crippen molar-refractivity contribution in [1.82, 2.24) is 19.3 Å². The van der Waals surface area contributed by atoms with Crippen molar-refractivity contribution in [3.63, 3.8) is 0 Å². The SMILES string of the molecule is Cc1c(C(=O)N(C)c2ccc(O)cc2)cc(-c2cc3c(cc2C(=O)N2Cc4ccccc4C[C@H]2CN2CCOCC2)CN(C(=O)O)C3)n1C. The third-order valence-corrected chi connectivity index (χ3v) is 10.3. The third-order valence-electron chi connectivity index (χ3n) is 10.3. The fraction of sp³-hybridized carbons (Fsp3) is 0.342. The van der Waals surface area contributed by atoms with Crippen LogP contribution < -0.4 is 4.90 Å². The van der Waals surface area contributed by atoms with Gasteiger partial charge in [-0.3, -0.25) is 19.4 Å². The lowest BCUT2D eigenvalue weighted by atomic mass is 9.91. The first-order valence-corrected chi connectivity index (χ1v) is 16.6. The molecule has 0 saturated carbocycles. The highest BCUT2D eigenvalue weighted by molar-refractivity contribution is 6.08. The zero-order valence-electron chi connectivity index (χ0n) is 28.1. The summed E-state index contributed by atoms with van der Waals surface area (Å²) in [6.07, 6.45) is -0.276. The van der Waals surface area contributed by atoms with Crippen molar-refractivity contribution in [2.75, 3.05) is 44.8 Å². The highest BCUT2D eigenvalue weighted by Crippen LogP contribution is 2.37. The molecule has 254 valence electrons. The first-order valence-electron chi connectivity index (χ1n) is 16.6. The number of aromatic nitrogens is 1. The molecule has 1 saturated heterocycles. The maximum absolute atomic E-state index is 15.0. The van der Waals surface area contributed by atoms with Gasteiger partial charge < -0.3 is 29.3 Å². The molecule has 0 unspecified atom stereocenters. The fourth-order valence-electron chi connectivity index (χ4n) is 7.35. The largest absolute Gasteiger partial charge is 0.508 e. The predicted octanol–water partition coefficient (Wildman–Crippen LogP) is 4.88. The van der Waals surface area contributed by atoms with Crippen molar-refractivity contribution < 1.29 is 29.3 Å². The number of benzene rings is 3. The highest BCUT2D eigenvalue weighted by Gasteiger charge is 2.35. The number of carbonyl (C=O) groups excluding carboxylic acids is 2. The lowest BCUT2D eigenvalue weighted by Gasteiger charge is -2.40. The van der Waals surface area contributed by atoms with Crippen LogP contribution in [0.1, 0.15) is 48.7 Å². The van der Waals surface area contributed by atoms with Gasteiger partial charge in [0.1, 0.15) is 5.75 Å². The summed E-state index contributed by atoms with van der Waals surface area (Å²) in [4.78, 5) is 48.0. The Morgan fingerprint density at radius 3 is 2.24 bits per heavy atom. The molecule has 1 aromatic heterocycles. The number of phenols is 1. The van der Waals surface area contributed by atoms with Crippen LogP contribution in [0.15, 0.2) is 66.7 Å². The molecule has 4 heterocycles. The van der Waals surface area contributed by atoms with Gasteiger partial charge in [0.2, 0.25) is 0 Å². The Morgan fingerprint density at radius 2 is 1.55 bits per heavy atom. The molecule has 0 spiro atoms. The summed E-state index contributed by atoms with van der Waals surface area (Å²) in [5, 5.41) is 19.6. The van der Waals surface area contributed by atoms with Crippen LogP contribution in [-0.2, 0) is 37.8 Å². The number of phenolic OH excluding ortho intramolecular Hbond substituents is 1. The number of fused-ring (bicyclic) bond motifs is 2. The van der Waals surface area contributed by atoms with Crippen LogP contribution in [0, 0.1) is 6.92 Å². The van der Waals surface area contributed by atoms with Crippen LogP contribution in [0.2, 0.25) is 0 Å². The second kappa shape index (κ2) is 13.1. The van der Waals surface area contributed by atoms with E-state index in [0.29, 0.717) is 47.8 Å². The number of rotatable bonds is 6. The summed E-state index contributed by atoms with van der Waals surface area (Å²) in [5.41, 5.74) is 7.71. The predicted molar refractivity (Wildman–Crippen MR) is 185 cm³/mol. The van der Waals surface area contributed by atoms with Crippen LogP contribution in [0.4, 0.5) is 10.5 Å². The number of carboxylic acid groups (broad SMARTS) is 1. The average molecular weight is 664 g/mol. The Morgan fingerprint density at radius 1 is 0.878 bits per heavy atom. The minimum absolute atomic E-state index is 0.0663. The molecule has 0 aliphatic carbocycles. The Balaban J connectivity index is 1.30. The van der Waals surface area contributed by atoms with Crippen molar-refractivity contribution in [2.45, 2.75) is 39.0 Å². The van der Waals surface area contributed by atoms with Gasteiger partial charge >= 0.3 is 6.09 Å². The van der Waals surface area contributed by atoms with Crippen LogP contribution in [0.3, 0.4) is 0 Å². The molecule has 0 bridgehead atoms. The van der Waals surface area contributed by atoms with Crippen molar-refractivity contribution in [3.8, 4) is 17.0 Å². The molecule has 3 aliphatic heterocycles. The molecule has 49 heavy (non-hydrogen) atoms. The van der Waals surface area contributed by atoms with Gasteiger partial charge in [-0.2, -0.15) is 0 Å². The molecule has 1 fully saturated rings. The average Bonchev–Trinajstić information content (AvgIpc) is 3.67. The number of anilines is 1. The first kappa shape index (κ1) is 32.4. The van der Waals surface area contributed by atoms with E-state index in [0.717, 1.165) is 48.4 Å². The van der Waals surface area contributed by atoms with E-state index in [1.165, 1.54) is 27.5 Å². The van der Waals surface area contributed by atoms with E-state index in [1.807, 2.05) is 53.8 Å². The summed E-state index contributed by atoms with van der Waals surface area (Å²) in [7, 11) is 3.57. The van der Waals surface area contributed by atoms with E-state index in [4.69, 9.17) is 4.74 Å². The number of ether oxygens (including phenoxy) is 1. The first-order chi connectivity index (χ1) is 23.6. The lowest BCUT2D eigenvalue weighted by Crippen LogP contribution is -2.52. The molecule has 2 N–H and O–H groups in total. The molecule has 3 amide bonds. The minimum atomic E-state index is -1.01. The summed E-state index contributed by atoms with van der Waals surface area (Å²) < 4.78 is 7.53. The molecular formula is C38H41N5O6. The number of amides is 3. The molecular weight excluding hydrogens is 622 g/mol. The van der Waals surface area contributed by atoms with E-state index in [9.17, 15) is 24.6 Å². The van der Waals surface area contributed by atoms with E-state index in [-0.39, 0.29) is 36.7 Å². The van der Waals surface area contributed by atoms with Gasteiger partial charge in [-0.25, -0.2) is 4.79 Å². The van der Waals surface area contributed by atoms with Crippen molar-refractivity contribution in [1.29, 1.82) is 0 Å². The van der Waals surface area contributed by atoms with Gasteiger partial charge in [0.25, 0.3) is 11.8 Å². The maximum atomic E-state index is 15.0. The zero-order valence-corrected chi connectivity index (χ0v) is 28.1. The molecule has 3 aromatic carbocycles. The fourth-order valence-corrected chi connectivity index (χ4v) is 7.35. The Kier molecular flexibility index (Phi) is 8.64. The third kappa shape index (κ3) is 6.15. The summed E-state index contributed by atoms with van der Waals surface area (Å²) in [6.45, 7) is 6.46. The summed E-state index contributed by atoms with van der Waals surface area (Å²) in [5.74, 6) is -0.232. The van der Waals surface area contributed by atoms with Crippen molar-refractivity contribution in [3.05, 3.63) is 106 Å². The second-order valence-corrected chi connectivity index (χ2v) is 13.2. The molecule has 11 heteroatoms. The summed E-state index contributed by atoms with van der Waals surface area (Å²) in [6, 6.07) is 20.3. The topological polar surface area (TPSA) is 119 Å². The number of morpholine rings is 1. The normalized spacial score (nSPS) is 17.5. The zero-order chi connectivity index (χ0) is 34.4. The molecule has 1 atom stereocenters. The molecule has 0 radical (unpaired) electrons. The molecule has 11 nitrogen and oxygen atoms in total. The summed E-state index contributed by atoms with van der Waals surface area (Å²) >= 11 is 0. The van der Waals surface area contributed by atoms with E-state index < -0.39 is 6.09 Å². The smallest absolute Gasteiger partial charge is 0.407 e. The Hall–Kier alpha value is -5.13. The van der Waals surface area contributed by atoms with Crippen LogP contribution in [0.5, 0.6) is 5.75 Å². The minimum Gasteiger partial charge on any atom is -0.508 e. The Bertz CT molecular complexity index is 1930. The number of carbonyl (C=O) groups is 3. The number of nitrogens with zero attached hydrogens (tertiary/aromatic N) is 5. The standard InChI is InChI=1S/C38H41N5O6/c1-24-32(36(45)40(3)29-8-10-31(44)11-9-29)19-35(39(24)2)33-17-27-20-42(38(47)48)21-28(27)18-34(33)37(46)43-22-26-7-5-4-6-25(26)16-30(43)23-41-12-14-49-15-13-41/h4-11,17-19,30,44H,12-16,20-23H2,1-3H3,(H,47,48)/t30-/m0/s1. The van der Waals surface area contributed by atoms with Gasteiger partial charge in [0, 0.05) is 87.6 Å². The monoisotopic (exact) mass is 663 g/mol. The Labute approximate surface area is 285 Å². The number of aromatic hydroxyl groups is 1. The van der Waals surface area contributed by atoms with Gasteiger partial charge in [0.05, 0.1) is 18.8 Å². The van der Waals surface area contributed by atoms with E-state index in [1.54, 1.807) is 19.2 Å². The van der Waals surface area contributed by atoms with Crippen molar-refractivity contribution in [2.24, 2.45) is 7.05 Å². The van der Waals surface area contributed by atoms with E-state index in [2.05, 4.69) is 17.0 Å². The van der Waals surface area contributed by atoms with Crippen LogP contribution in [-0.4, -0.2) is 93.3 Å². The van der Waals surface area contributed by atoms with E-state index >= 15 is 0 Å². The number of hydrogen-bond acceptors (Lipinski definition) is 6. The number of hydrogen-bond donors (Lipinski definition) is 2. The van der Waals surface area contributed by atoms with Gasteiger partial charge in [0.15, 0.2) is 0 Å². The molecule has 4 aromatic rings. The second-order valence-electron chi connectivity index (χ2n) is 13.2. The van der Waals surface area contributed by atoms with Gasteiger partial charge in [-0.05, 0) is 78.1 Å². The highest BCUT2D eigenvalue weighted by atomic mass is 16.5. The van der Waals surface area contributed by atoms with Crippen LogP contribution in [0.25, 0.3) is 11.3 Å². The van der Waals surface area contributed by atoms with Crippen LogP contribution >= 0.6 is 0 Å². The van der Waals surface area contributed by atoms with Gasteiger partial charge in [-0.15, -0.1) is 0 Å². The lowest BCUT2D eigenvalue weighted by molar-refractivity contribution is 0.0193. The quantitative estimate of drug-likeness (QED) is 0.302.